The molecule has 0 spiro atoms. The summed E-state index contributed by atoms with van der Waals surface area (Å²) in [6.45, 7) is 0. The van der Waals surface area contributed by atoms with Gasteiger partial charge in [0.15, 0.2) is 0 Å². The van der Waals surface area contributed by atoms with Crippen LogP contribution in [0.1, 0.15) is 0 Å². The molecule has 7 heteroatoms. The van der Waals surface area contributed by atoms with Crippen molar-refractivity contribution in [3.05, 3.63) is 59.5 Å². The topological polar surface area (TPSA) is 55.2 Å². The first-order chi connectivity index (χ1) is 8.97. The number of benzene rings is 2. The summed E-state index contributed by atoms with van der Waals surface area (Å²) in [6, 6.07) is 9.16. The molecule has 0 atom stereocenters. The number of halogens is 3. The van der Waals surface area contributed by atoms with Crippen LogP contribution < -0.4 is 5.32 Å². The van der Waals surface area contributed by atoms with E-state index in [4.69, 9.17) is 0 Å². The van der Waals surface area contributed by atoms with E-state index in [2.05, 4.69) is 5.32 Å². The van der Waals surface area contributed by atoms with Crippen molar-refractivity contribution in [3.63, 3.8) is 0 Å². The van der Waals surface area contributed by atoms with Crippen molar-refractivity contribution in [1.82, 2.24) is 0 Å². The Balaban J connectivity index is 2.29. The standard InChI is InChI=1S/C12H7FI2N2O2/c13-7-1-3-11(9(14)5-7)16-8-2-4-12(17(18)19)10(15)6-8/h1-6,16H. The van der Waals surface area contributed by atoms with E-state index in [1.807, 2.05) is 45.2 Å². The summed E-state index contributed by atoms with van der Waals surface area (Å²) in [5.41, 5.74) is 1.55. The molecule has 0 bridgehead atoms. The highest BCUT2D eigenvalue weighted by molar-refractivity contribution is 14.1. The van der Waals surface area contributed by atoms with E-state index < -0.39 is 4.92 Å². The Bertz CT molecular complexity index is 650. The summed E-state index contributed by atoms with van der Waals surface area (Å²) < 4.78 is 14.3. The summed E-state index contributed by atoms with van der Waals surface area (Å²) in [5.74, 6) is -0.298. The van der Waals surface area contributed by atoms with Crippen molar-refractivity contribution >= 4 is 62.2 Å². The zero-order chi connectivity index (χ0) is 14.0. The summed E-state index contributed by atoms with van der Waals surface area (Å²) in [4.78, 5) is 10.3. The maximum atomic E-state index is 13.0. The lowest BCUT2D eigenvalue weighted by molar-refractivity contribution is -0.385. The van der Waals surface area contributed by atoms with Gasteiger partial charge < -0.3 is 5.32 Å². The maximum absolute atomic E-state index is 13.0. The Kier molecular flexibility index (Phi) is 4.55. The predicted octanol–water partition coefficient (Wildman–Crippen LogP) is 4.69. The lowest BCUT2D eigenvalue weighted by Gasteiger charge is -2.09. The van der Waals surface area contributed by atoms with Crippen LogP contribution in [-0.2, 0) is 0 Å². The molecule has 2 aromatic rings. The van der Waals surface area contributed by atoms with Crippen molar-refractivity contribution in [3.8, 4) is 0 Å². The molecular weight excluding hydrogens is 477 g/mol. The average Bonchev–Trinajstić information content (AvgIpc) is 2.32. The second-order valence-corrected chi connectivity index (χ2v) is 6.00. The summed E-state index contributed by atoms with van der Waals surface area (Å²) >= 11 is 3.94. The molecule has 4 nitrogen and oxygen atoms in total. The van der Waals surface area contributed by atoms with Crippen LogP contribution in [0.4, 0.5) is 21.5 Å². The Labute approximate surface area is 135 Å². The van der Waals surface area contributed by atoms with Gasteiger partial charge in [-0.1, -0.05) is 0 Å². The minimum absolute atomic E-state index is 0.0694. The van der Waals surface area contributed by atoms with E-state index in [1.165, 1.54) is 18.2 Å². The smallest absolute Gasteiger partial charge is 0.282 e. The molecule has 0 amide bonds. The number of nitrogens with one attached hydrogen (secondary N) is 1. The largest absolute Gasteiger partial charge is 0.355 e. The Morgan fingerprint density at radius 2 is 1.84 bits per heavy atom. The summed E-state index contributed by atoms with van der Waals surface area (Å²) in [6.07, 6.45) is 0. The molecule has 0 aromatic heterocycles. The SMILES string of the molecule is O=[N+]([O-])c1ccc(Nc2ccc(F)cc2I)cc1I. The molecule has 2 aromatic carbocycles. The molecule has 19 heavy (non-hydrogen) atoms. The van der Waals surface area contributed by atoms with E-state index in [1.54, 1.807) is 18.2 Å². The highest BCUT2D eigenvalue weighted by atomic mass is 127. The molecule has 2 rings (SSSR count). The molecular formula is C12H7FI2N2O2. The van der Waals surface area contributed by atoms with Crippen LogP contribution in [0.5, 0.6) is 0 Å². The van der Waals surface area contributed by atoms with Crippen LogP contribution in [-0.4, -0.2) is 4.92 Å². The Hall–Kier alpha value is -0.970. The molecule has 0 saturated heterocycles. The molecule has 98 valence electrons. The van der Waals surface area contributed by atoms with Crippen molar-refractivity contribution < 1.29 is 9.31 Å². The first-order valence-corrected chi connectivity index (χ1v) is 7.29. The van der Waals surface area contributed by atoms with Gasteiger partial charge >= 0.3 is 0 Å². The van der Waals surface area contributed by atoms with Gasteiger partial charge in [-0.3, -0.25) is 10.1 Å². The van der Waals surface area contributed by atoms with Gasteiger partial charge in [0, 0.05) is 15.3 Å². The van der Waals surface area contributed by atoms with E-state index in [0.717, 1.165) is 14.9 Å². The fourth-order valence-corrected chi connectivity index (χ4v) is 2.80. The minimum Gasteiger partial charge on any atom is -0.355 e. The maximum Gasteiger partial charge on any atom is 0.282 e. The van der Waals surface area contributed by atoms with Gasteiger partial charge in [-0.15, -0.1) is 0 Å². The van der Waals surface area contributed by atoms with Crippen molar-refractivity contribution in [2.75, 3.05) is 5.32 Å². The second-order valence-electron chi connectivity index (χ2n) is 3.67. The van der Waals surface area contributed by atoms with Crippen LogP contribution in [0.15, 0.2) is 36.4 Å². The highest BCUT2D eigenvalue weighted by Gasteiger charge is 2.12. The van der Waals surface area contributed by atoms with Gasteiger partial charge in [0.1, 0.15) is 5.82 Å². The van der Waals surface area contributed by atoms with Crippen LogP contribution >= 0.6 is 45.2 Å². The summed E-state index contributed by atoms with van der Waals surface area (Å²) in [5, 5.41) is 13.8. The van der Waals surface area contributed by atoms with Crippen LogP contribution in [0.3, 0.4) is 0 Å². The molecule has 0 aliphatic rings. The zero-order valence-corrected chi connectivity index (χ0v) is 13.7. The third kappa shape index (κ3) is 3.53. The molecule has 0 fully saturated rings. The molecule has 0 unspecified atom stereocenters. The molecule has 0 radical (unpaired) electrons. The summed E-state index contributed by atoms with van der Waals surface area (Å²) in [7, 11) is 0. The molecule has 0 aliphatic carbocycles. The fourth-order valence-electron chi connectivity index (χ4n) is 1.48. The van der Waals surface area contributed by atoms with Crippen molar-refractivity contribution in [2.45, 2.75) is 0 Å². The number of nitro groups is 1. The lowest BCUT2D eigenvalue weighted by atomic mass is 10.2. The second kappa shape index (κ2) is 5.99. The third-order valence-electron chi connectivity index (χ3n) is 2.35. The number of nitrogens with zero attached hydrogens (tertiary/aromatic N) is 1. The Morgan fingerprint density at radius 1 is 1.11 bits per heavy atom. The minimum atomic E-state index is -0.423. The quantitative estimate of drug-likeness (QED) is 0.391. The monoisotopic (exact) mass is 484 g/mol. The first kappa shape index (κ1) is 14.4. The molecule has 0 saturated carbocycles. The average molecular weight is 484 g/mol. The van der Waals surface area contributed by atoms with Crippen molar-refractivity contribution in [2.24, 2.45) is 0 Å². The number of hydrogen-bond donors (Lipinski definition) is 1. The van der Waals surface area contributed by atoms with E-state index >= 15 is 0 Å². The molecule has 0 heterocycles. The van der Waals surface area contributed by atoms with Gasteiger partial charge in [-0.25, -0.2) is 4.39 Å². The van der Waals surface area contributed by atoms with E-state index in [-0.39, 0.29) is 11.5 Å². The molecule has 0 aliphatic heterocycles. The van der Waals surface area contributed by atoms with Crippen LogP contribution in [0.2, 0.25) is 0 Å². The lowest BCUT2D eigenvalue weighted by Crippen LogP contribution is -1.96. The van der Waals surface area contributed by atoms with Crippen LogP contribution in [0.25, 0.3) is 0 Å². The Morgan fingerprint density at radius 3 is 2.42 bits per heavy atom. The normalized spacial score (nSPS) is 10.3. The number of hydrogen-bond acceptors (Lipinski definition) is 3. The molecule has 1 N–H and O–H groups in total. The first-order valence-electron chi connectivity index (χ1n) is 5.13. The van der Waals surface area contributed by atoms with Crippen LogP contribution in [0, 0.1) is 23.1 Å². The predicted molar refractivity (Wildman–Crippen MR) is 88.2 cm³/mol. The number of anilines is 2. The van der Waals surface area contributed by atoms with Gasteiger partial charge in [0.2, 0.25) is 0 Å². The fraction of sp³-hybridized carbons (Fsp3) is 0. The van der Waals surface area contributed by atoms with Gasteiger partial charge in [0.25, 0.3) is 5.69 Å². The number of rotatable bonds is 3. The van der Waals surface area contributed by atoms with E-state index in [9.17, 15) is 14.5 Å². The van der Waals surface area contributed by atoms with Gasteiger partial charge in [-0.05, 0) is 75.5 Å². The van der Waals surface area contributed by atoms with E-state index in [0.29, 0.717) is 3.57 Å². The number of nitro benzene ring substituents is 1. The third-order valence-corrected chi connectivity index (χ3v) is 4.11. The zero-order valence-electron chi connectivity index (χ0n) is 9.36. The highest BCUT2D eigenvalue weighted by Crippen LogP contribution is 2.28. The van der Waals surface area contributed by atoms with Gasteiger partial charge in [-0.2, -0.15) is 0 Å². The van der Waals surface area contributed by atoms with Crippen molar-refractivity contribution in [1.29, 1.82) is 0 Å². The van der Waals surface area contributed by atoms with Gasteiger partial charge in [0.05, 0.1) is 14.2 Å².